The van der Waals surface area contributed by atoms with Crippen molar-refractivity contribution < 1.29 is 24.5 Å². The average Bonchev–Trinajstić information content (AvgIpc) is 1.97. The molecule has 0 rings (SSSR count). The van der Waals surface area contributed by atoms with Gasteiger partial charge in [0.25, 0.3) is 0 Å². The maximum atomic E-state index is 10.4. The standard InChI is InChI=1S/C6H7O5/c7-3-4-11-6(10)2-1-5(8)9/h1-2,7H,3-4H2/b2-1+. The van der Waals surface area contributed by atoms with Crippen LogP contribution in [0.25, 0.3) is 0 Å². The van der Waals surface area contributed by atoms with Crippen LogP contribution in [0.2, 0.25) is 0 Å². The number of rotatable bonds is 4. The van der Waals surface area contributed by atoms with Gasteiger partial charge in [-0.05, 0) is 0 Å². The minimum Gasteiger partial charge on any atom is -0.460 e. The quantitative estimate of drug-likeness (QED) is 0.422. The Bertz CT molecular complexity index is 172. The monoisotopic (exact) mass is 159 g/mol. The second-order valence-electron chi connectivity index (χ2n) is 1.54. The van der Waals surface area contributed by atoms with Crippen LogP contribution >= 0.6 is 0 Å². The van der Waals surface area contributed by atoms with E-state index >= 15 is 0 Å². The van der Waals surface area contributed by atoms with E-state index in [4.69, 9.17) is 5.11 Å². The molecule has 61 valence electrons. The Labute approximate surface area is 62.9 Å². The molecule has 5 heteroatoms. The lowest BCUT2D eigenvalue weighted by Gasteiger charge is -1.95. The van der Waals surface area contributed by atoms with Crippen molar-refractivity contribution in [2.75, 3.05) is 13.2 Å². The van der Waals surface area contributed by atoms with E-state index in [2.05, 4.69) is 4.74 Å². The van der Waals surface area contributed by atoms with Crippen LogP contribution in [0.1, 0.15) is 0 Å². The molecule has 0 fully saturated rings. The molecule has 0 aromatic heterocycles. The van der Waals surface area contributed by atoms with Crippen LogP contribution in [0.15, 0.2) is 12.2 Å². The molecule has 0 aromatic carbocycles. The van der Waals surface area contributed by atoms with Crippen LogP contribution < -0.4 is 0 Å². The van der Waals surface area contributed by atoms with Gasteiger partial charge in [0.2, 0.25) is 0 Å². The maximum Gasteiger partial charge on any atom is 0.379 e. The third kappa shape index (κ3) is 6.53. The summed E-state index contributed by atoms with van der Waals surface area (Å²) in [5.74, 6) is -2.28. The highest BCUT2D eigenvalue weighted by molar-refractivity contribution is 5.90. The molecule has 0 saturated carbocycles. The molecule has 5 nitrogen and oxygen atoms in total. The number of hydrogen-bond donors (Lipinski definition) is 1. The number of carbonyl (C=O) groups is 2. The normalized spacial score (nSPS) is 9.91. The van der Waals surface area contributed by atoms with E-state index in [1.165, 1.54) is 0 Å². The van der Waals surface area contributed by atoms with Gasteiger partial charge < -0.3 is 9.84 Å². The largest absolute Gasteiger partial charge is 0.460 e. The number of aliphatic hydroxyl groups excluding tert-OH is 1. The second kappa shape index (κ2) is 5.43. The summed E-state index contributed by atoms with van der Waals surface area (Å²) in [7, 11) is 0. The van der Waals surface area contributed by atoms with Gasteiger partial charge in [-0.2, -0.15) is 0 Å². The van der Waals surface area contributed by atoms with Crippen LogP contribution in [0.4, 0.5) is 0 Å². The molecule has 0 amide bonds. The van der Waals surface area contributed by atoms with Crippen molar-refractivity contribution in [1.82, 2.24) is 0 Å². The van der Waals surface area contributed by atoms with Gasteiger partial charge in [0.05, 0.1) is 6.61 Å². The smallest absolute Gasteiger partial charge is 0.379 e. The highest BCUT2D eigenvalue weighted by Crippen LogP contribution is 1.81. The van der Waals surface area contributed by atoms with E-state index in [9.17, 15) is 14.7 Å². The predicted octanol–water partition coefficient (Wildman–Crippen LogP) is -0.965. The van der Waals surface area contributed by atoms with Crippen LogP contribution in [0.3, 0.4) is 0 Å². The molecule has 0 aromatic rings. The summed E-state index contributed by atoms with van der Waals surface area (Å²) < 4.78 is 4.27. The van der Waals surface area contributed by atoms with E-state index in [1.54, 1.807) is 0 Å². The lowest BCUT2D eigenvalue weighted by atomic mass is 10.5. The van der Waals surface area contributed by atoms with Crippen molar-refractivity contribution in [3.63, 3.8) is 0 Å². The summed E-state index contributed by atoms with van der Waals surface area (Å²) in [6, 6.07) is 0. The Morgan fingerprint density at radius 3 is 2.45 bits per heavy atom. The Hall–Kier alpha value is -1.36. The molecule has 0 heterocycles. The third-order valence-corrected chi connectivity index (χ3v) is 0.691. The predicted molar refractivity (Wildman–Crippen MR) is 32.9 cm³/mol. The van der Waals surface area contributed by atoms with Gasteiger partial charge in [-0.3, -0.25) is 0 Å². The van der Waals surface area contributed by atoms with Crippen molar-refractivity contribution in [1.29, 1.82) is 0 Å². The average molecular weight is 159 g/mol. The Morgan fingerprint density at radius 2 is 2.00 bits per heavy atom. The summed E-state index contributed by atoms with van der Waals surface area (Å²) in [6.45, 7) is -0.429. The number of aliphatic hydroxyl groups is 1. The van der Waals surface area contributed by atoms with Crippen LogP contribution in [-0.2, 0) is 19.4 Å². The van der Waals surface area contributed by atoms with Crippen molar-refractivity contribution >= 4 is 11.9 Å². The SMILES string of the molecule is [O]C(=O)/C=C/C(=O)OCCO. The Kier molecular flexibility index (Phi) is 4.76. The van der Waals surface area contributed by atoms with Gasteiger partial charge >= 0.3 is 11.9 Å². The molecule has 1 radical (unpaired) electrons. The van der Waals surface area contributed by atoms with E-state index in [0.717, 1.165) is 0 Å². The molecule has 0 aliphatic carbocycles. The summed E-state index contributed by atoms with van der Waals surface area (Å²) in [5.41, 5.74) is 0. The molecule has 0 saturated heterocycles. The zero-order valence-corrected chi connectivity index (χ0v) is 5.65. The maximum absolute atomic E-state index is 10.4. The van der Waals surface area contributed by atoms with Crippen molar-refractivity contribution in [3.05, 3.63) is 12.2 Å². The van der Waals surface area contributed by atoms with Crippen molar-refractivity contribution in [2.45, 2.75) is 0 Å². The van der Waals surface area contributed by atoms with Gasteiger partial charge in [0.1, 0.15) is 6.61 Å². The fourth-order valence-electron chi connectivity index (χ4n) is 0.330. The van der Waals surface area contributed by atoms with Gasteiger partial charge in [-0.1, -0.05) is 0 Å². The molecule has 0 bridgehead atoms. The summed E-state index contributed by atoms with van der Waals surface area (Å²) in [6.07, 6.45) is 1.27. The second-order valence-corrected chi connectivity index (χ2v) is 1.54. The van der Waals surface area contributed by atoms with Crippen molar-refractivity contribution in [3.8, 4) is 0 Å². The molecular weight excluding hydrogens is 152 g/mol. The highest BCUT2D eigenvalue weighted by atomic mass is 16.5. The topological polar surface area (TPSA) is 83.5 Å². The minimum absolute atomic E-state index is 0.143. The fourth-order valence-corrected chi connectivity index (χ4v) is 0.330. The Balaban J connectivity index is 3.60. The Morgan fingerprint density at radius 1 is 1.36 bits per heavy atom. The highest BCUT2D eigenvalue weighted by Gasteiger charge is 1.97. The van der Waals surface area contributed by atoms with Crippen LogP contribution in [0, 0.1) is 0 Å². The summed E-state index contributed by atoms with van der Waals surface area (Å²) >= 11 is 0. The van der Waals surface area contributed by atoms with Gasteiger partial charge in [-0.25, -0.2) is 14.7 Å². The molecule has 0 aliphatic rings. The van der Waals surface area contributed by atoms with E-state index in [0.29, 0.717) is 12.2 Å². The first kappa shape index (κ1) is 9.64. The zero-order chi connectivity index (χ0) is 8.69. The van der Waals surface area contributed by atoms with E-state index in [-0.39, 0.29) is 13.2 Å². The lowest BCUT2D eigenvalue weighted by Crippen LogP contribution is -2.05. The summed E-state index contributed by atoms with van der Waals surface area (Å²) in [5, 5.41) is 17.9. The van der Waals surface area contributed by atoms with Crippen LogP contribution in [-0.4, -0.2) is 30.3 Å². The van der Waals surface area contributed by atoms with Gasteiger partial charge in [0, 0.05) is 12.2 Å². The third-order valence-electron chi connectivity index (χ3n) is 0.691. The first-order valence-corrected chi connectivity index (χ1v) is 2.83. The van der Waals surface area contributed by atoms with Crippen molar-refractivity contribution in [2.24, 2.45) is 0 Å². The molecule has 0 spiro atoms. The first-order chi connectivity index (χ1) is 5.16. The fraction of sp³-hybridized carbons (Fsp3) is 0.333. The number of hydrogen-bond acceptors (Lipinski definition) is 4. The first-order valence-electron chi connectivity index (χ1n) is 2.83. The van der Waals surface area contributed by atoms with Gasteiger partial charge in [0.15, 0.2) is 0 Å². The van der Waals surface area contributed by atoms with Gasteiger partial charge in [-0.15, -0.1) is 0 Å². The molecular formula is C6H7O5. The molecule has 1 N–H and O–H groups in total. The minimum atomic E-state index is -1.47. The number of ether oxygens (including phenoxy) is 1. The van der Waals surface area contributed by atoms with E-state index in [1.807, 2.05) is 0 Å². The number of carbonyl (C=O) groups excluding carboxylic acids is 2. The molecule has 0 unspecified atom stereocenters. The van der Waals surface area contributed by atoms with E-state index < -0.39 is 11.9 Å². The summed E-state index contributed by atoms with van der Waals surface area (Å²) in [4.78, 5) is 20.1. The number of esters is 1. The lowest BCUT2D eigenvalue weighted by molar-refractivity contribution is -0.140. The zero-order valence-electron chi connectivity index (χ0n) is 5.65. The van der Waals surface area contributed by atoms with Crippen LogP contribution in [0.5, 0.6) is 0 Å². The molecule has 11 heavy (non-hydrogen) atoms. The molecule has 0 atom stereocenters. The molecule has 0 aliphatic heterocycles.